The van der Waals surface area contributed by atoms with Crippen LogP contribution in [0.15, 0.2) is 30.5 Å². The van der Waals surface area contributed by atoms with Gasteiger partial charge in [0, 0.05) is 16.6 Å². The van der Waals surface area contributed by atoms with E-state index in [0.29, 0.717) is 0 Å². The van der Waals surface area contributed by atoms with Crippen LogP contribution in [-0.4, -0.2) is 9.78 Å². The highest BCUT2D eigenvalue weighted by Crippen LogP contribution is 2.18. The fourth-order valence-corrected chi connectivity index (χ4v) is 2.27. The Balaban J connectivity index is 2.47. The van der Waals surface area contributed by atoms with Gasteiger partial charge in [-0.15, -0.1) is 0 Å². The molecule has 0 bridgehead atoms. The molecule has 0 aliphatic carbocycles. The minimum absolute atomic E-state index is 0.863. The van der Waals surface area contributed by atoms with Crippen molar-refractivity contribution in [1.29, 1.82) is 0 Å². The maximum Gasteiger partial charge on any atom is 0.0649 e. The van der Waals surface area contributed by atoms with Crippen molar-refractivity contribution < 1.29 is 0 Å². The van der Waals surface area contributed by atoms with Crippen LogP contribution in [0.3, 0.4) is 0 Å². The Bertz CT molecular complexity index is 471. The van der Waals surface area contributed by atoms with Gasteiger partial charge in [0.2, 0.25) is 0 Å². The fourth-order valence-electron chi connectivity index (χ4n) is 1.80. The van der Waals surface area contributed by atoms with Crippen molar-refractivity contribution in [3.8, 4) is 5.69 Å². The Kier molecular flexibility index (Phi) is 3.44. The molecule has 2 rings (SSSR count). The summed E-state index contributed by atoms with van der Waals surface area (Å²) in [6, 6.07) is 8.45. The number of halogens is 1. The second-order valence-corrected chi connectivity index (χ2v) is 4.41. The standard InChI is InChI=1S/C13H15BrN2/c1-3-13-11(8-14)9-15-16(13)12-6-4-10(2)5-7-12/h4-7,9H,3,8H2,1-2H3. The van der Waals surface area contributed by atoms with Crippen molar-refractivity contribution in [3.05, 3.63) is 47.3 Å². The first kappa shape index (κ1) is 11.4. The van der Waals surface area contributed by atoms with Crippen molar-refractivity contribution in [2.45, 2.75) is 25.6 Å². The second kappa shape index (κ2) is 4.83. The van der Waals surface area contributed by atoms with Gasteiger partial charge in [-0.1, -0.05) is 40.5 Å². The SMILES string of the molecule is CCc1c(CBr)cnn1-c1ccc(C)cc1. The Labute approximate surface area is 104 Å². The molecule has 2 nitrogen and oxygen atoms in total. The molecule has 0 saturated carbocycles. The van der Waals surface area contributed by atoms with Crippen molar-refractivity contribution in [3.63, 3.8) is 0 Å². The van der Waals surface area contributed by atoms with Crippen LogP contribution in [0.25, 0.3) is 5.69 Å². The lowest BCUT2D eigenvalue weighted by atomic mass is 10.2. The number of aryl methyl sites for hydroxylation is 1. The number of hydrogen-bond donors (Lipinski definition) is 0. The normalized spacial score (nSPS) is 10.7. The van der Waals surface area contributed by atoms with Gasteiger partial charge in [-0.25, -0.2) is 4.68 Å². The zero-order chi connectivity index (χ0) is 11.5. The lowest BCUT2D eigenvalue weighted by Gasteiger charge is -2.07. The summed E-state index contributed by atoms with van der Waals surface area (Å²) >= 11 is 3.49. The first-order chi connectivity index (χ1) is 7.76. The highest BCUT2D eigenvalue weighted by molar-refractivity contribution is 9.08. The second-order valence-electron chi connectivity index (χ2n) is 3.85. The predicted molar refractivity (Wildman–Crippen MR) is 70.3 cm³/mol. The van der Waals surface area contributed by atoms with E-state index in [-0.39, 0.29) is 0 Å². The summed E-state index contributed by atoms with van der Waals surface area (Å²) in [4.78, 5) is 0. The molecule has 2 aromatic rings. The molecule has 0 aliphatic heterocycles. The maximum atomic E-state index is 4.44. The Morgan fingerprint density at radius 3 is 2.50 bits per heavy atom. The Morgan fingerprint density at radius 1 is 1.25 bits per heavy atom. The van der Waals surface area contributed by atoms with E-state index in [2.05, 4.69) is 59.1 Å². The van der Waals surface area contributed by atoms with Gasteiger partial charge in [-0.3, -0.25) is 0 Å². The molecule has 1 aromatic carbocycles. The van der Waals surface area contributed by atoms with E-state index in [4.69, 9.17) is 0 Å². The van der Waals surface area contributed by atoms with Gasteiger partial charge in [0.1, 0.15) is 0 Å². The third-order valence-electron chi connectivity index (χ3n) is 2.71. The van der Waals surface area contributed by atoms with E-state index < -0.39 is 0 Å². The predicted octanol–water partition coefficient (Wildman–Crippen LogP) is 3.64. The number of hydrogen-bond acceptors (Lipinski definition) is 1. The highest BCUT2D eigenvalue weighted by Gasteiger charge is 2.08. The number of rotatable bonds is 3. The molecule has 84 valence electrons. The summed E-state index contributed by atoms with van der Waals surface area (Å²) in [6.45, 7) is 4.26. The van der Waals surface area contributed by atoms with E-state index in [1.54, 1.807) is 0 Å². The van der Waals surface area contributed by atoms with E-state index in [0.717, 1.165) is 17.4 Å². The van der Waals surface area contributed by atoms with Crippen molar-refractivity contribution >= 4 is 15.9 Å². The average Bonchev–Trinajstić information content (AvgIpc) is 2.72. The first-order valence-corrected chi connectivity index (χ1v) is 6.57. The van der Waals surface area contributed by atoms with Crippen LogP contribution in [0.2, 0.25) is 0 Å². The lowest BCUT2D eigenvalue weighted by molar-refractivity contribution is 0.811. The Morgan fingerprint density at radius 2 is 1.94 bits per heavy atom. The van der Waals surface area contributed by atoms with Crippen LogP contribution < -0.4 is 0 Å². The van der Waals surface area contributed by atoms with Gasteiger partial charge in [-0.2, -0.15) is 5.10 Å². The molecule has 3 heteroatoms. The van der Waals surface area contributed by atoms with Crippen molar-refractivity contribution in [2.75, 3.05) is 0 Å². The molecule has 0 atom stereocenters. The van der Waals surface area contributed by atoms with E-state index >= 15 is 0 Å². The van der Waals surface area contributed by atoms with Crippen LogP contribution in [-0.2, 0) is 11.8 Å². The van der Waals surface area contributed by atoms with E-state index in [1.807, 2.05) is 10.9 Å². The Hall–Kier alpha value is -1.09. The van der Waals surface area contributed by atoms with Crippen molar-refractivity contribution in [1.82, 2.24) is 9.78 Å². The molecular formula is C13H15BrN2. The fraction of sp³-hybridized carbons (Fsp3) is 0.308. The highest BCUT2D eigenvalue weighted by atomic mass is 79.9. The first-order valence-electron chi connectivity index (χ1n) is 5.45. The number of alkyl halides is 1. The molecule has 0 fully saturated rings. The number of nitrogens with zero attached hydrogens (tertiary/aromatic N) is 2. The summed E-state index contributed by atoms with van der Waals surface area (Å²) in [5, 5.41) is 5.31. The molecule has 0 amide bonds. The number of aromatic nitrogens is 2. The van der Waals surface area contributed by atoms with Crippen LogP contribution in [0.1, 0.15) is 23.7 Å². The molecule has 0 saturated heterocycles. The molecule has 1 aromatic heterocycles. The number of benzene rings is 1. The minimum Gasteiger partial charge on any atom is -0.238 e. The average molecular weight is 279 g/mol. The van der Waals surface area contributed by atoms with Gasteiger partial charge >= 0.3 is 0 Å². The third kappa shape index (κ3) is 2.05. The molecule has 0 radical (unpaired) electrons. The molecule has 0 unspecified atom stereocenters. The van der Waals surface area contributed by atoms with E-state index in [1.165, 1.54) is 16.8 Å². The third-order valence-corrected chi connectivity index (χ3v) is 3.32. The topological polar surface area (TPSA) is 17.8 Å². The van der Waals surface area contributed by atoms with Gasteiger partial charge < -0.3 is 0 Å². The zero-order valence-electron chi connectivity index (χ0n) is 9.57. The van der Waals surface area contributed by atoms with Gasteiger partial charge in [0.25, 0.3) is 0 Å². The maximum absolute atomic E-state index is 4.44. The van der Waals surface area contributed by atoms with Gasteiger partial charge in [0.15, 0.2) is 0 Å². The summed E-state index contributed by atoms with van der Waals surface area (Å²) in [5.41, 5.74) is 4.95. The van der Waals surface area contributed by atoms with Crippen LogP contribution in [0, 0.1) is 6.92 Å². The zero-order valence-corrected chi connectivity index (χ0v) is 11.2. The summed E-state index contributed by atoms with van der Waals surface area (Å²) in [6.07, 6.45) is 2.93. The quantitative estimate of drug-likeness (QED) is 0.784. The van der Waals surface area contributed by atoms with E-state index in [9.17, 15) is 0 Å². The van der Waals surface area contributed by atoms with Crippen molar-refractivity contribution in [2.24, 2.45) is 0 Å². The van der Waals surface area contributed by atoms with Crippen LogP contribution in [0.4, 0.5) is 0 Å². The monoisotopic (exact) mass is 278 g/mol. The van der Waals surface area contributed by atoms with Gasteiger partial charge in [-0.05, 0) is 25.5 Å². The largest absolute Gasteiger partial charge is 0.238 e. The van der Waals surface area contributed by atoms with Crippen LogP contribution >= 0.6 is 15.9 Å². The molecule has 0 spiro atoms. The molecule has 0 aliphatic rings. The lowest BCUT2D eigenvalue weighted by Crippen LogP contribution is -2.02. The smallest absolute Gasteiger partial charge is 0.0649 e. The van der Waals surface area contributed by atoms with Gasteiger partial charge in [0.05, 0.1) is 11.9 Å². The summed E-state index contributed by atoms with van der Waals surface area (Å²) in [7, 11) is 0. The molecule has 1 heterocycles. The molecular weight excluding hydrogens is 264 g/mol. The minimum atomic E-state index is 0.863. The summed E-state index contributed by atoms with van der Waals surface area (Å²) < 4.78 is 2.02. The van der Waals surface area contributed by atoms with Crippen LogP contribution in [0.5, 0.6) is 0 Å². The summed E-state index contributed by atoms with van der Waals surface area (Å²) in [5.74, 6) is 0. The molecule has 16 heavy (non-hydrogen) atoms. The molecule has 0 N–H and O–H groups in total.